The first kappa shape index (κ1) is 15.8. The molecule has 1 fully saturated rings. The van der Waals surface area contributed by atoms with Crippen molar-refractivity contribution in [3.63, 3.8) is 0 Å². The zero-order valence-electron chi connectivity index (χ0n) is 11.8. The van der Waals surface area contributed by atoms with Gasteiger partial charge in [-0.3, -0.25) is 4.79 Å². The molecule has 0 unspecified atom stereocenters. The fraction of sp³-hybridized carbons (Fsp3) is 0.467. The van der Waals surface area contributed by atoms with E-state index in [0.29, 0.717) is 11.3 Å². The molecule has 1 aliphatic carbocycles. The number of benzene rings is 1. The molecule has 1 saturated carbocycles. The number of amides is 1. The smallest absolute Gasteiger partial charge is 0.248 e. The summed E-state index contributed by atoms with van der Waals surface area (Å²) in [5, 5.41) is 0. The molecule has 0 heterocycles. The zero-order valence-corrected chi connectivity index (χ0v) is 12.6. The summed E-state index contributed by atoms with van der Waals surface area (Å²) in [7, 11) is 1.65. The highest BCUT2D eigenvalue weighted by molar-refractivity contribution is 7.80. The Balaban J connectivity index is 2.09. The number of carbonyl (C=O) groups is 1. The second-order valence-electron chi connectivity index (χ2n) is 5.44. The molecule has 1 aromatic rings. The minimum absolute atomic E-state index is 0.134. The van der Waals surface area contributed by atoms with Gasteiger partial charge in [0.05, 0.1) is 0 Å². The fourth-order valence-corrected chi connectivity index (χ4v) is 2.68. The molecule has 0 spiro atoms. The van der Waals surface area contributed by atoms with Crippen molar-refractivity contribution < 1.29 is 13.6 Å². The van der Waals surface area contributed by atoms with Crippen LogP contribution in [0.2, 0.25) is 0 Å². The highest BCUT2D eigenvalue weighted by Gasteiger charge is 2.38. The molecule has 2 rings (SSSR count). The lowest BCUT2D eigenvalue weighted by Gasteiger charge is -2.30. The predicted molar refractivity (Wildman–Crippen MR) is 82.6 cm³/mol. The van der Waals surface area contributed by atoms with Gasteiger partial charge >= 0.3 is 0 Å². The van der Waals surface area contributed by atoms with E-state index in [1.165, 1.54) is 4.90 Å². The first-order chi connectivity index (χ1) is 9.80. The van der Waals surface area contributed by atoms with Crippen molar-refractivity contribution in [3.05, 3.63) is 29.8 Å². The quantitative estimate of drug-likeness (QED) is 0.872. The molecule has 3 nitrogen and oxygen atoms in total. The minimum Gasteiger partial charge on any atom is -0.389 e. The van der Waals surface area contributed by atoms with E-state index >= 15 is 0 Å². The molecule has 1 aliphatic rings. The average molecular weight is 312 g/mol. The van der Waals surface area contributed by atoms with Crippen LogP contribution in [-0.2, 0) is 4.79 Å². The third kappa shape index (κ3) is 3.75. The summed E-state index contributed by atoms with van der Waals surface area (Å²) in [5.74, 6) is -3.10. The number of carbonyl (C=O) groups excluding carboxylic acids is 1. The Morgan fingerprint density at radius 3 is 2.57 bits per heavy atom. The van der Waals surface area contributed by atoms with E-state index < -0.39 is 5.92 Å². The van der Waals surface area contributed by atoms with Crippen molar-refractivity contribution >= 4 is 28.8 Å². The number of nitrogens with two attached hydrogens (primary N) is 1. The Hall–Kier alpha value is -1.56. The molecule has 2 N–H and O–H groups in total. The maximum Gasteiger partial charge on any atom is 0.248 e. The highest BCUT2D eigenvalue weighted by atomic mass is 32.1. The van der Waals surface area contributed by atoms with Crippen LogP contribution in [0.5, 0.6) is 0 Å². The van der Waals surface area contributed by atoms with E-state index in [0.717, 1.165) is 0 Å². The fourth-order valence-electron chi connectivity index (χ4n) is 2.56. The van der Waals surface area contributed by atoms with Gasteiger partial charge in [0, 0.05) is 37.1 Å². The number of alkyl halides is 2. The standard InChI is InChI=1S/C15H18F2N2OS/c1-19(12-4-2-3-11(9-12)13(18)21)14(20)10-5-7-15(16,17)8-6-10/h2-4,9-10H,5-8H2,1H3,(H2,18,21). The first-order valence-electron chi connectivity index (χ1n) is 6.85. The van der Waals surface area contributed by atoms with E-state index in [1.54, 1.807) is 31.3 Å². The summed E-state index contributed by atoms with van der Waals surface area (Å²) >= 11 is 4.92. The van der Waals surface area contributed by atoms with E-state index in [1.807, 2.05) is 0 Å². The molecular weight excluding hydrogens is 294 g/mol. The number of hydrogen-bond acceptors (Lipinski definition) is 2. The molecule has 1 amide bonds. The van der Waals surface area contributed by atoms with Crippen molar-refractivity contribution in [2.24, 2.45) is 11.7 Å². The monoisotopic (exact) mass is 312 g/mol. The highest BCUT2D eigenvalue weighted by Crippen LogP contribution is 2.37. The lowest BCUT2D eigenvalue weighted by Crippen LogP contribution is -2.37. The Morgan fingerprint density at radius 1 is 1.38 bits per heavy atom. The molecule has 6 heteroatoms. The molecular formula is C15H18F2N2OS. The van der Waals surface area contributed by atoms with Crippen LogP contribution in [0.15, 0.2) is 24.3 Å². The summed E-state index contributed by atoms with van der Waals surface area (Å²) in [5.41, 5.74) is 6.92. The van der Waals surface area contributed by atoms with Crippen molar-refractivity contribution in [3.8, 4) is 0 Å². The van der Waals surface area contributed by atoms with Gasteiger partial charge in [0.2, 0.25) is 11.8 Å². The maximum absolute atomic E-state index is 13.2. The number of anilines is 1. The lowest BCUT2D eigenvalue weighted by atomic mass is 9.86. The second-order valence-corrected chi connectivity index (χ2v) is 5.88. The molecule has 0 bridgehead atoms. The summed E-state index contributed by atoms with van der Waals surface area (Å²) < 4.78 is 26.3. The molecule has 0 radical (unpaired) electrons. The lowest BCUT2D eigenvalue weighted by molar-refractivity contribution is -0.126. The van der Waals surface area contributed by atoms with Gasteiger partial charge in [0.25, 0.3) is 0 Å². The van der Waals surface area contributed by atoms with Gasteiger partial charge in [0.15, 0.2) is 0 Å². The largest absolute Gasteiger partial charge is 0.389 e. The molecule has 0 atom stereocenters. The van der Waals surface area contributed by atoms with Gasteiger partial charge in [-0.15, -0.1) is 0 Å². The Morgan fingerprint density at radius 2 is 2.00 bits per heavy atom. The molecule has 0 aliphatic heterocycles. The maximum atomic E-state index is 13.2. The van der Waals surface area contributed by atoms with Crippen LogP contribution in [-0.4, -0.2) is 23.9 Å². The van der Waals surface area contributed by atoms with E-state index in [4.69, 9.17) is 18.0 Å². The predicted octanol–water partition coefficient (Wildman–Crippen LogP) is 3.11. The number of thiocarbonyl (C=S) groups is 1. The van der Waals surface area contributed by atoms with E-state index in [2.05, 4.69) is 0 Å². The number of hydrogen-bond donors (Lipinski definition) is 1. The first-order valence-corrected chi connectivity index (χ1v) is 7.26. The van der Waals surface area contributed by atoms with Gasteiger partial charge in [-0.2, -0.15) is 0 Å². The molecule has 21 heavy (non-hydrogen) atoms. The van der Waals surface area contributed by atoms with Crippen molar-refractivity contribution in [1.82, 2.24) is 0 Å². The SMILES string of the molecule is CN(C(=O)C1CCC(F)(F)CC1)c1cccc(C(N)=S)c1. The van der Waals surface area contributed by atoms with Crippen molar-refractivity contribution in [2.75, 3.05) is 11.9 Å². The van der Waals surface area contributed by atoms with Gasteiger partial charge in [-0.25, -0.2) is 8.78 Å². The zero-order chi connectivity index (χ0) is 15.6. The van der Waals surface area contributed by atoms with Crippen molar-refractivity contribution in [1.29, 1.82) is 0 Å². The van der Waals surface area contributed by atoms with Gasteiger partial charge in [-0.1, -0.05) is 24.4 Å². The van der Waals surface area contributed by atoms with Crippen LogP contribution < -0.4 is 10.6 Å². The minimum atomic E-state index is -2.62. The number of halogens is 2. The Kier molecular flexibility index (Phi) is 4.56. The summed E-state index contributed by atoms with van der Waals surface area (Å²) in [6.07, 6.45) is 0.0185. The Labute approximate surface area is 128 Å². The summed E-state index contributed by atoms with van der Waals surface area (Å²) in [6.45, 7) is 0. The van der Waals surface area contributed by atoms with Crippen LogP contribution in [0, 0.1) is 5.92 Å². The molecule has 0 aromatic heterocycles. The molecule has 0 saturated heterocycles. The van der Waals surface area contributed by atoms with Crippen LogP contribution >= 0.6 is 12.2 Å². The number of rotatable bonds is 3. The molecule has 1 aromatic carbocycles. The van der Waals surface area contributed by atoms with E-state index in [9.17, 15) is 13.6 Å². The summed E-state index contributed by atoms with van der Waals surface area (Å²) in [4.78, 5) is 14.2. The normalized spacial score (nSPS) is 18.2. The second kappa shape index (κ2) is 6.05. The van der Waals surface area contributed by atoms with Gasteiger partial charge in [-0.05, 0) is 25.0 Å². The molecule has 114 valence electrons. The van der Waals surface area contributed by atoms with Crippen LogP contribution in [0.25, 0.3) is 0 Å². The Bertz CT molecular complexity index is 552. The topological polar surface area (TPSA) is 46.3 Å². The summed E-state index contributed by atoms with van der Waals surface area (Å²) in [6, 6.07) is 7.04. The van der Waals surface area contributed by atoms with Crippen LogP contribution in [0.3, 0.4) is 0 Å². The third-order valence-electron chi connectivity index (χ3n) is 3.91. The van der Waals surface area contributed by atoms with E-state index in [-0.39, 0.29) is 42.5 Å². The third-order valence-corrected chi connectivity index (χ3v) is 4.15. The number of nitrogens with zero attached hydrogens (tertiary/aromatic N) is 1. The van der Waals surface area contributed by atoms with Gasteiger partial charge in [0.1, 0.15) is 4.99 Å². The average Bonchev–Trinajstić information content (AvgIpc) is 2.46. The van der Waals surface area contributed by atoms with Crippen LogP contribution in [0.4, 0.5) is 14.5 Å². The van der Waals surface area contributed by atoms with Crippen molar-refractivity contribution in [2.45, 2.75) is 31.6 Å². The van der Waals surface area contributed by atoms with Gasteiger partial charge < -0.3 is 10.6 Å². The van der Waals surface area contributed by atoms with Crippen LogP contribution in [0.1, 0.15) is 31.2 Å².